The number of nitrogens with zero attached hydrogens (tertiary/aromatic N) is 3. The van der Waals surface area contributed by atoms with Crippen molar-refractivity contribution in [3.05, 3.63) is 42.0 Å². The Kier molecular flexibility index (Phi) is 3.00. The van der Waals surface area contributed by atoms with Crippen molar-refractivity contribution >= 4 is 5.97 Å². The summed E-state index contributed by atoms with van der Waals surface area (Å²) >= 11 is 0. The number of carboxylic acids is 1. The van der Waals surface area contributed by atoms with Crippen LogP contribution in [0.4, 0.5) is 0 Å². The third-order valence-electron chi connectivity index (χ3n) is 3.22. The molecule has 1 fully saturated rings. The molecule has 2 aromatic rings. The lowest BCUT2D eigenvalue weighted by Gasteiger charge is -2.04. The van der Waals surface area contributed by atoms with Crippen LogP contribution in [0.1, 0.15) is 28.4 Å². The highest BCUT2D eigenvalue weighted by Crippen LogP contribution is 2.27. The highest BCUT2D eigenvalue weighted by atomic mass is 16.5. The van der Waals surface area contributed by atoms with Crippen molar-refractivity contribution in [3.63, 3.8) is 0 Å². The zero-order chi connectivity index (χ0) is 13.2. The van der Waals surface area contributed by atoms with E-state index in [2.05, 4.69) is 10.1 Å². The molecule has 6 heteroatoms. The molecule has 0 bridgehead atoms. The molecule has 1 aliphatic heterocycles. The van der Waals surface area contributed by atoms with Crippen LogP contribution in [0.3, 0.4) is 0 Å². The third-order valence-corrected chi connectivity index (χ3v) is 3.22. The zero-order valence-corrected chi connectivity index (χ0v) is 10.2. The number of rotatable bonds is 3. The van der Waals surface area contributed by atoms with Crippen LogP contribution in [0.15, 0.2) is 30.7 Å². The van der Waals surface area contributed by atoms with Gasteiger partial charge in [0.05, 0.1) is 18.0 Å². The maximum atomic E-state index is 11.3. The fraction of sp³-hybridized carbons (Fsp3) is 0.308. The van der Waals surface area contributed by atoms with Crippen LogP contribution in [-0.2, 0) is 4.74 Å². The topological polar surface area (TPSA) is 77.2 Å². The first kappa shape index (κ1) is 11.9. The molecule has 0 aliphatic carbocycles. The molecule has 1 aliphatic rings. The Morgan fingerprint density at radius 3 is 2.84 bits per heavy atom. The van der Waals surface area contributed by atoms with Gasteiger partial charge in [0.2, 0.25) is 0 Å². The Morgan fingerprint density at radius 1 is 1.42 bits per heavy atom. The monoisotopic (exact) mass is 259 g/mol. The lowest BCUT2D eigenvalue weighted by Crippen LogP contribution is -2.06. The second kappa shape index (κ2) is 4.81. The first-order valence-corrected chi connectivity index (χ1v) is 6.06. The largest absolute Gasteiger partial charge is 0.478 e. The van der Waals surface area contributed by atoms with Gasteiger partial charge in [-0.05, 0) is 18.6 Å². The average Bonchev–Trinajstić information content (AvgIpc) is 3.08. The number of pyridine rings is 1. The molecular formula is C13H13N3O3. The van der Waals surface area contributed by atoms with Gasteiger partial charge in [0.15, 0.2) is 0 Å². The summed E-state index contributed by atoms with van der Waals surface area (Å²) in [6.07, 6.45) is 5.66. The molecule has 0 aromatic carbocycles. The van der Waals surface area contributed by atoms with Gasteiger partial charge < -0.3 is 9.84 Å². The van der Waals surface area contributed by atoms with Gasteiger partial charge in [-0.15, -0.1) is 0 Å². The fourth-order valence-electron chi connectivity index (χ4n) is 2.23. The molecule has 0 spiro atoms. The number of carbonyl (C=O) groups is 1. The van der Waals surface area contributed by atoms with Crippen molar-refractivity contribution in [2.75, 3.05) is 13.2 Å². The smallest absolute Gasteiger partial charge is 0.339 e. The molecule has 1 unspecified atom stereocenters. The highest BCUT2D eigenvalue weighted by molar-refractivity contribution is 5.89. The number of carboxylic acid groups (broad SMARTS) is 1. The van der Waals surface area contributed by atoms with Gasteiger partial charge in [0, 0.05) is 31.1 Å². The molecule has 1 saturated heterocycles. The van der Waals surface area contributed by atoms with E-state index in [1.54, 1.807) is 35.4 Å². The minimum atomic E-state index is -0.956. The van der Waals surface area contributed by atoms with Gasteiger partial charge >= 0.3 is 5.97 Å². The summed E-state index contributed by atoms with van der Waals surface area (Å²) in [5, 5.41) is 13.7. The predicted octanol–water partition coefficient (Wildman–Crippen LogP) is 1.47. The minimum absolute atomic E-state index is 0.0641. The Balaban J connectivity index is 2.04. The maximum absolute atomic E-state index is 11.3. The van der Waals surface area contributed by atoms with E-state index in [-0.39, 0.29) is 11.5 Å². The number of hydrogen-bond donors (Lipinski definition) is 1. The average molecular weight is 259 g/mol. The van der Waals surface area contributed by atoms with Crippen LogP contribution in [-0.4, -0.2) is 39.1 Å². The fourth-order valence-corrected chi connectivity index (χ4v) is 2.23. The van der Waals surface area contributed by atoms with Crippen molar-refractivity contribution in [2.45, 2.75) is 12.3 Å². The van der Waals surface area contributed by atoms with Crippen LogP contribution in [0, 0.1) is 0 Å². The van der Waals surface area contributed by atoms with E-state index in [1.807, 2.05) is 0 Å². The van der Waals surface area contributed by atoms with Gasteiger partial charge in [0.25, 0.3) is 0 Å². The summed E-state index contributed by atoms with van der Waals surface area (Å²) in [7, 11) is 0. The summed E-state index contributed by atoms with van der Waals surface area (Å²) in [5.74, 6) is -0.892. The molecule has 0 amide bonds. The maximum Gasteiger partial charge on any atom is 0.339 e. The SMILES string of the molecule is O=C(O)c1cn(-c2ccncc2)nc1C1CCOC1. The van der Waals surface area contributed by atoms with Crippen LogP contribution in [0.25, 0.3) is 5.69 Å². The number of hydrogen-bond acceptors (Lipinski definition) is 4. The van der Waals surface area contributed by atoms with E-state index in [1.165, 1.54) is 0 Å². The first-order valence-electron chi connectivity index (χ1n) is 6.06. The van der Waals surface area contributed by atoms with Crippen LogP contribution in [0.2, 0.25) is 0 Å². The van der Waals surface area contributed by atoms with Crippen LogP contribution < -0.4 is 0 Å². The van der Waals surface area contributed by atoms with E-state index in [0.717, 1.165) is 12.1 Å². The molecule has 1 atom stereocenters. The first-order chi connectivity index (χ1) is 9.25. The van der Waals surface area contributed by atoms with Crippen molar-refractivity contribution < 1.29 is 14.6 Å². The number of ether oxygens (including phenoxy) is 1. The minimum Gasteiger partial charge on any atom is -0.478 e. The number of aromatic nitrogens is 3. The van der Waals surface area contributed by atoms with Crippen molar-refractivity contribution in [1.82, 2.24) is 14.8 Å². The van der Waals surface area contributed by atoms with Gasteiger partial charge in [-0.3, -0.25) is 4.98 Å². The molecule has 19 heavy (non-hydrogen) atoms. The lowest BCUT2D eigenvalue weighted by molar-refractivity contribution is 0.0695. The molecule has 3 heterocycles. The second-order valence-corrected chi connectivity index (χ2v) is 4.44. The molecule has 0 saturated carbocycles. The van der Waals surface area contributed by atoms with E-state index in [9.17, 15) is 9.90 Å². The molecular weight excluding hydrogens is 246 g/mol. The summed E-state index contributed by atoms with van der Waals surface area (Å²) in [5.41, 5.74) is 1.64. The Bertz CT molecular complexity index is 588. The zero-order valence-electron chi connectivity index (χ0n) is 10.2. The summed E-state index contributed by atoms with van der Waals surface area (Å²) in [6, 6.07) is 3.57. The third kappa shape index (κ3) is 2.22. The highest BCUT2D eigenvalue weighted by Gasteiger charge is 2.27. The van der Waals surface area contributed by atoms with Crippen LogP contribution >= 0.6 is 0 Å². The van der Waals surface area contributed by atoms with E-state index in [0.29, 0.717) is 18.9 Å². The normalized spacial score (nSPS) is 18.6. The standard InChI is InChI=1S/C13H13N3O3/c17-13(18)11-7-16(10-1-4-14-5-2-10)15-12(11)9-3-6-19-8-9/h1-2,4-5,7,9H,3,6,8H2,(H,17,18). The van der Waals surface area contributed by atoms with E-state index in [4.69, 9.17) is 4.74 Å². The van der Waals surface area contributed by atoms with Crippen LogP contribution in [0.5, 0.6) is 0 Å². The van der Waals surface area contributed by atoms with Crippen molar-refractivity contribution in [3.8, 4) is 5.69 Å². The Morgan fingerprint density at radius 2 is 2.21 bits per heavy atom. The molecule has 98 valence electrons. The molecule has 2 aromatic heterocycles. The predicted molar refractivity (Wildman–Crippen MR) is 66.5 cm³/mol. The Hall–Kier alpha value is -2.21. The number of aromatic carboxylic acids is 1. The van der Waals surface area contributed by atoms with Gasteiger partial charge in [0.1, 0.15) is 5.56 Å². The van der Waals surface area contributed by atoms with Crippen molar-refractivity contribution in [2.24, 2.45) is 0 Å². The van der Waals surface area contributed by atoms with E-state index < -0.39 is 5.97 Å². The molecule has 6 nitrogen and oxygen atoms in total. The van der Waals surface area contributed by atoms with Crippen molar-refractivity contribution in [1.29, 1.82) is 0 Å². The molecule has 0 radical (unpaired) electrons. The molecule has 3 rings (SSSR count). The molecule has 1 N–H and O–H groups in total. The summed E-state index contributed by atoms with van der Waals surface area (Å²) in [4.78, 5) is 15.3. The summed E-state index contributed by atoms with van der Waals surface area (Å²) in [6.45, 7) is 1.19. The van der Waals surface area contributed by atoms with Gasteiger partial charge in [-0.1, -0.05) is 0 Å². The Labute approximate surface area is 109 Å². The van der Waals surface area contributed by atoms with E-state index >= 15 is 0 Å². The second-order valence-electron chi connectivity index (χ2n) is 4.44. The quantitative estimate of drug-likeness (QED) is 0.903. The van der Waals surface area contributed by atoms with Gasteiger partial charge in [-0.2, -0.15) is 5.10 Å². The lowest BCUT2D eigenvalue weighted by atomic mass is 10.0. The summed E-state index contributed by atoms with van der Waals surface area (Å²) < 4.78 is 6.89. The van der Waals surface area contributed by atoms with Gasteiger partial charge in [-0.25, -0.2) is 9.48 Å².